The van der Waals surface area contributed by atoms with Crippen molar-refractivity contribution in [3.63, 3.8) is 0 Å². The molecule has 104 valence electrons. The fourth-order valence-corrected chi connectivity index (χ4v) is 3.62. The average Bonchev–Trinajstić information content (AvgIpc) is 3.09. The normalized spacial score (nSPS) is 19.3. The molecule has 1 aliphatic rings. The Labute approximate surface area is 123 Å². The summed E-state index contributed by atoms with van der Waals surface area (Å²) in [7, 11) is 0. The van der Waals surface area contributed by atoms with Crippen LogP contribution in [0.3, 0.4) is 0 Å². The summed E-state index contributed by atoms with van der Waals surface area (Å²) in [5, 5.41) is 4.38. The first-order chi connectivity index (χ1) is 9.74. The highest BCUT2D eigenvalue weighted by Crippen LogP contribution is 2.34. The smallest absolute Gasteiger partial charge is 0.248 e. The van der Waals surface area contributed by atoms with Gasteiger partial charge in [-0.05, 0) is 59.5 Å². The molecule has 1 amide bonds. The third kappa shape index (κ3) is 2.76. The van der Waals surface area contributed by atoms with Crippen molar-refractivity contribution in [3.05, 3.63) is 57.8 Å². The molecule has 1 aliphatic heterocycles. The maximum absolute atomic E-state index is 11.3. The van der Waals surface area contributed by atoms with E-state index in [1.807, 2.05) is 12.1 Å². The molecule has 0 aliphatic carbocycles. The van der Waals surface area contributed by atoms with Crippen LogP contribution in [0, 0.1) is 0 Å². The summed E-state index contributed by atoms with van der Waals surface area (Å²) in [5.74, 6) is -0.359. The number of amides is 1. The lowest BCUT2D eigenvalue weighted by atomic mass is 10.1. The van der Waals surface area contributed by atoms with Crippen LogP contribution in [-0.4, -0.2) is 17.4 Å². The van der Waals surface area contributed by atoms with Gasteiger partial charge in [0.25, 0.3) is 0 Å². The highest BCUT2D eigenvalue weighted by molar-refractivity contribution is 7.07. The topological polar surface area (TPSA) is 46.3 Å². The van der Waals surface area contributed by atoms with Gasteiger partial charge in [-0.2, -0.15) is 11.3 Å². The Bertz CT molecular complexity index is 594. The zero-order chi connectivity index (χ0) is 13.9. The van der Waals surface area contributed by atoms with Gasteiger partial charge in [-0.15, -0.1) is 0 Å². The van der Waals surface area contributed by atoms with Gasteiger partial charge in [0.1, 0.15) is 0 Å². The number of likely N-dealkylation sites (tertiary alicyclic amines) is 1. The molecule has 1 atom stereocenters. The van der Waals surface area contributed by atoms with Gasteiger partial charge in [0.05, 0.1) is 0 Å². The average molecular weight is 286 g/mol. The number of nitrogens with two attached hydrogens (primary N) is 1. The van der Waals surface area contributed by atoms with Crippen LogP contribution < -0.4 is 5.73 Å². The van der Waals surface area contributed by atoms with Crippen molar-refractivity contribution in [3.8, 4) is 0 Å². The minimum atomic E-state index is -0.359. The number of hydrogen-bond acceptors (Lipinski definition) is 3. The lowest BCUT2D eigenvalue weighted by Crippen LogP contribution is -2.22. The van der Waals surface area contributed by atoms with Crippen LogP contribution >= 0.6 is 11.3 Å². The largest absolute Gasteiger partial charge is 0.366 e. The first-order valence-corrected chi connectivity index (χ1v) is 7.83. The van der Waals surface area contributed by atoms with Gasteiger partial charge in [0, 0.05) is 18.2 Å². The van der Waals surface area contributed by atoms with Crippen LogP contribution in [0.5, 0.6) is 0 Å². The molecule has 2 N–H and O–H groups in total. The number of thiophene rings is 1. The minimum Gasteiger partial charge on any atom is -0.366 e. The zero-order valence-corrected chi connectivity index (χ0v) is 12.1. The third-order valence-electron chi connectivity index (χ3n) is 3.89. The molecule has 1 aromatic heterocycles. The lowest BCUT2D eigenvalue weighted by molar-refractivity contribution is 0.1000. The van der Waals surface area contributed by atoms with Crippen molar-refractivity contribution < 1.29 is 4.79 Å². The molecule has 0 saturated carbocycles. The molecule has 2 heterocycles. The van der Waals surface area contributed by atoms with Crippen LogP contribution in [0.1, 0.15) is 40.4 Å². The van der Waals surface area contributed by atoms with Crippen molar-refractivity contribution in [2.45, 2.75) is 25.4 Å². The quantitative estimate of drug-likeness (QED) is 0.938. The number of primary amides is 1. The van der Waals surface area contributed by atoms with Crippen molar-refractivity contribution in [1.29, 1.82) is 0 Å². The minimum absolute atomic E-state index is 0.359. The summed E-state index contributed by atoms with van der Waals surface area (Å²) >= 11 is 1.75. The second-order valence-electron chi connectivity index (χ2n) is 5.25. The number of carbonyl (C=O) groups is 1. The second kappa shape index (κ2) is 5.77. The molecule has 3 nitrogen and oxygen atoms in total. The highest BCUT2D eigenvalue weighted by Gasteiger charge is 2.26. The van der Waals surface area contributed by atoms with E-state index < -0.39 is 0 Å². The highest BCUT2D eigenvalue weighted by atomic mass is 32.1. The summed E-state index contributed by atoms with van der Waals surface area (Å²) in [6, 6.07) is 10.4. The van der Waals surface area contributed by atoms with E-state index in [1.54, 1.807) is 17.4 Å². The van der Waals surface area contributed by atoms with Gasteiger partial charge in [-0.3, -0.25) is 9.69 Å². The number of nitrogens with zero attached hydrogens (tertiary/aromatic N) is 1. The molecule has 0 bridgehead atoms. The number of hydrogen-bond donors (Lipinski definition) is 1. The molecule has 1 aromatic carbocycles. The lowest BCUT2D eigenvalue weighted by Gasteiger charge is -2.24. The molecule has 20 heavy (non-hydrogen) atoms. The van der Waals surface area contributed by atoms with Gasteiger partial charge < -0.3 is 5.73 Å². The van der Waals surface area contributed by atoms with Crippen molar-refractivity contribution in [2.24, 2.45) is 5.73 Å². The summed E-state index contributed by atoms with van der Waals surface area (Å²) in [4.78, 5) is 13.7. The van der Waals surface area contributed by atoms with Crippen LogP contribution in [-0.2, 0) is 6.54 Å². The van der Waals surface area contributed by atoms with E-state index in [0.29, 0.717) is 11.6 Å². The Kier molecular flexibility index (Phi) is 3.85. The van der Waals surface area contributed by atoms with Gasteiger partial charge in [0.15, 0.2) is 0 Å². The van der Waals surface area contributed by atoms with Crippen molar-refractivity contribution in [1.82, 2.24) is 4.90 Å². The summed E-state index contributed by atoms with van der Waals surface area (Å²) < 4.78 is 0. The third-order valence-corrected chi connectivity index (χ3v) is 4.59. The standard InChI is InChI=1S/C16H18N2OS/c17-16(19)13-4-1-3-12(9-13)10-18-7-2-5-15(18)14-6-8-20-11-14/h1,3-4,6,8-9,11,15H,2,5,7,10H2,(H2,17,19)/t15-/m1/s1. The maximum atomic E-state index is 11.3. The van der Waals surface area contributed by atoms with E-state index in [-0.39, 0.29) is 5.91 Å². The van der Waals surface area contributed by atoms with Crippen molar-refractivity contribution >= 4 is 17.2 Å². The second-order valence-corrected chi connectivity index (χ2v) is 6.03. The molecule has 2 aromatic rings. The van der Waals surface area contributed by atoms with Crippen LogP contribution in [0.25, 0.3) is 0 Å². The fourth-order valence-electron chi connectivity index (χ4n) is 2.91. The first-order valence-electron chi connectivity index (χ1n) is 6.89. The molecule has 4 heteroatoms. The van der Waals surface area contributed by atoms with Gasteiger partial charge in [-0.25, -0.2) is 0 Å². The molecular weight excluding hydrogens is 268 g/mol. The Morgan fingerprint density at radius 1 is 1.40 bits per heavy atom. The maximum Gasteiger partial charge on any atom is 0.248 e. The molecule has 3 rings (SSSR count). The molecule has 1 fully saturated rings. The summed E-state index contributed by atoms with van der Waals surface area (Å²) in [5.41, 5.74) is 8.51. The number of rotatable bonds is 4. The molecule has 0 spiro atoms. The Hall–Kier alpha value is -1.65. The summed E-state index contributed by atoms with van der Waals surface area (Å²) in [6.07, 6.45) is 2.45. The van der Waals surface area contributed by atoms with Crippen LogP contribution in [0.4, 0.5) is 0 Å². The molecule has 0 unspecified atom stereocenters. The van der Waals surface area contributed by atoms with Gasteiger partial charge in [-0.1, -0.05) is 12.1 Å². The van der Waals surface area contributed by atoms with Crippen LogP contribution in [0.2, 0.25) is 0 Å². The van der Waals surface area contributed by atoms with Crippen LogP contribution in [0.15, 0.2) is 41.1 Å². The summed E-state index contributed by atoms with van der Waals surface area (Å²) in [6.45, 7) is 1.99. The Balaban J connectivity index is 1.77. The van der Waals surface area contributed by atoms with E-state index >= 15 is 0 Å². The number of benzene rings is 1. The van der Waals surface area contributed by atoms with E-state index in [2.05, 4.69) is 27.8 Å². The molecular formula is C16H18N2OS. The number of carbonyl (C=O) groups excluding carboxylic acids is 1. The Morgan fingerprint density at radius 2 is 2.30 bits per heavy atom. The SMILES string of the molecule is NC(=O)c1cccc(CN2CCC[C@@H]2c2ccsc2)c1. The fraction of sp³-hybridized carbons (Fsp3) is 0.312. The molecule has 1 saturated heterocycles. The van der Waals surface area contributed by atoms with E-state index in [4.69, 9.17) is 5.73 Å². The predicted octanol–water partition coefficient (Wildman–Crippen LogP) is 3.18. The van der Waals surface area contributed by atoms with E-state index in [9.17, 15) is 4.79 Å². The zero-order valence-electron chi connectivity index (χ0n) is 11.3. The predicted molar refractivity (Wildman–Crippen MR) is 81.7 cm³/mol. The van der Waals surface area contributed by atoms with E-state index in [1.165, 1.54) is 18.4 Å². The Morgan fingerprint density at radius 3 is 3.05 bits per heavy atom. The van der Waals surface area contributed by atoms with E-state index in [0.717, 1.165) is 18.7 Å². The van der Waals surface area contributed by atoms with Gasteiger partial charge >= 0.3 is 0 Å². The first kappa shape index (κ1) is 13.3. The monoisotopic (exact) mass is 286 g/mol. The molecule has 0 radical (unpaired) electrons. The van der Waals surface area contributed by atoms with Crippen molar-refractivity contribution in [2.75, 3.05) is 6.54 Å². The van der Waals surface area contributed by atoms with Gasteiger partial charge in [0.2, 0.25) is 5.91 Å².